The molecule has 0 aliphatic carbocycles. The molecule has 0 saturated heterocycles. The maximum absolute atomic E-state index is 14.1. The van der Waals surface area contributed by atoms with Gasteiger partial charge in [-0.05, 0) is 59.5 Å². The van der Waals surface area contributed by atoms with Crippen LogP contribution in [0.1, 0.15) is 40.0 Å². The van der Waals surface area contributed by atoms with Gasteiger partial charge in [-0.3, -0.25) is 4.98 Å². The van der Waals surface area contributed by atoms with Gasteiger partial charge in [-0.25, -0.2) is 4.79 Å². The van der Waals surface area contributed by atoms with Gasteiger partial charge in [0.25, 0.3) is 0 Å². The maximum atomic E-state index is 14.1. The third-order valence-corrected chi connectivity index (χ3v) is 5.66. The molecule has 0 fully saturated rings. The van der Waals surface area contributed by atoms with Gasteiger partial charge in [0.1, 0.15) is 0 Å². The summed E-state index contributed by atoms with van der Waals surface area (Å²) in [6.07, 6.45) is -3.74. The highest BCUT2D eigenvalue weighted by atomic mass is 35.5. The molecule has 0 spiro atoms. The number of pyridine rings is 1. The van der Waals surface area contributed by atoms with Gasteiger partial charge in [0.2, 0.25) is 0 Å². The Hall–Kier alpha value is -2.90. The lowest BCUT2D eigenvalue weighted by Crippen LogP contribution is -2.46. The summed E-state index contributed by atoms with van der Waals surface area (Å²) in [6, 6.07) is 12.9. The van der Waals surface area contributed by atoms with Gasteiger partial charge in [-0.2, -0.15) is 13.2 Å². The Balaban J connectivity index is 2.03. The van der Waals surface area contributed by atoms with E-state index in [0.717, 1.165) is 6.07 Å². The summed E-state index contributed by atoms with van der Waals surface area (Å²) in [6.45, 7) is 2.81. The van der Waals surface area contributed by atoms with E-state index in [2.05, 4.69) is 4.98 Å². The summed E-state index contributed by atoms with van der Waals surface area (Å²) in [4.78, 5) is 14.9. The standard InChI is InChI=1S/C23H19ClF3NO3/c1-13-11-18(9-10-28-13)22(31,23(25,26)27)14(2)19-8-7-17(12-20(19)24)15-3-5-16(6-4-15)21(29)30/h3-12,14,31H,1-2H3,(H,29,30). The molecule has 2 aromatic carbocycles. The van der Waals surface area contributed by atoms with Crippen molar-refractivity contribution in [1.82, 2.24) is 4.98 Å². The zero-order valence-corrected chi connectivity index (χ0v) is 17.4. The zero-order chi connectivity index (χ0) is 23.0. The molecular formula is C23H19ClF3NO3. The number of alkyl halides is 3. The van der Waals surface area contributed by atoms with Gasteiger partial charge in [-0.1, -0.05) is 42.8 Å². The molecule has 3 aromatic rings. The zero-order valence-electron chi connectivity index (χ0n) is 16.6. The van der Waals surface area contributed by atoms with Crippen molar-refractivity contribution in [3.63, 3.8) is 0 Å². The van der Waals surface area contributed by atoms with E-state index in [1.807, 2.05) is 0 Å². The number of benzene rings is 2. The number of carboxylic acid groups (broad SMARTS) is 1. The fourth-order valence-electron chi connectivity index (χ4n) is 3.53. The highest BCUT2D eigenvalue weighted by Gasteiger charge is 2.59. The Bertz CT molecular complexity index is 1120. The van der Waals surface area contributed by atoms with Crippen LogP contribution >= 0.6 is 11.6 Å². The molecule has 0 bridgehead atoms. The van der Waals surface area contributed by atoms with Crippen LogP contribution in [0.5, 0.6) is 0 Å². The number of aromatic nitrogens is 1. The molecule has 2 unspecified atom stereocenters. The molecule has 162 valence electrons. The highest BCUT2D eigenvalue weighted by Crippen LogP contribution is 2.50. The second-order valence-corrected chi connectivity index (χ2v) is 7.70. The van der Waals surface area contributed by atoms with Crippen molar-refractivity contribution < 1.29 is 28.2 Å². The Kier molecular flexibility index (Phi) is 6.11. The largest absolute Gasteiger partial charge is 0.478 e. The van der Waals surface area contributed by atoms with Crippen LogP contribution in [0.15, 0.2) is 60.8 Å². The third-order valence-electron chi connectivity index (χ3n) is 5.33. The fourth-order valence-corrected chi connectivity index (χ4v) is 3.87. The topological polar surface area (TPSA) is 70.4 Å². The Morgan fingerprint density at radius 1 is 1.03 bits per heavy atom. The van der Waals surface area contributed by atoms with Crippen LogP contribution in [0.2, 0.25) is 5.02 Å². The number of hydrogen-bond donors (Lipinski definition) is 2. The molecule has 0 aliphatic heterocycles. The third kappa shape index (κ3) is 4.29. The number of rotatable bonds is 5. The van der Waals surface area contributed by atoms with E-state index in [-0.39, 0.29) is 21.7 Å². The number of aromatic carboxylic acids is 1. The van der Waals surface area contributed by atoms with Gasteiger partial charge in [0.05, 0.1) is 5.56 Å². The number of carbonyl (C=O) groups is 1. The molecule has 0 aliphatic rings. The summed E-state index contributed by atoms with van der Waals surface area (Å²) in [7, 11) is 0. The number of hydrogen-bond acceptors (Lipinski definition) is 3. The molecule has 0 amide bonds. The van der Waals surface area contributed by atoms with E-state index in [1.165, 1.54) is 43.5 Å². The van der Waals surface area contributed by atoms with Crippen molar-refractivity contribution in [3.8, 4) is 11.1 Å². The van der Waals surface area contributed by atoms with Gasteiger partial charge in [0.15, 0.2) is 5.60 Å². The average Bonchev–Trinajstić information content (AvgIpc) is 2.71. The molecule has 1 aromatic heterocycles. The summed E-state index contributed by atoms with van der Waals surface area (Å²) in [5, 5.41) is 19.9. The Morgan fingerprint density at radius 3 is 2.16 bits per heavy atom. The van der Waals surface area contributed by atoms with E-state index in [0.29, 0.717) is 16.8 Å². The summed E-state index contributed by atoms with van der Waals surface area (Å²) < 4.78 is 42.2. The Morgan fingerprint density at radius 2 is 1.65 bits per heavy atom. The van der Waals surface area contributed by atoms with Gasteiger partial charge >= 0.3 is 12.1 Å². The average molecular weight is 450 g/mol. The maximum Gasteiger partial charge on any atom is 0.422 e. The SMILES string of the molecule is Cc1cc(C(O)(C(C)c2ccc(-c3ccc(C(=O)O)cc3)cc2Cl)C(F)(F)F)ccn1. The van der Waals surface area contributed by atoms with Crippen LogP contribution in [-0.2, 0) is 5.60 Å². The lowest BCUT2D eigenvalue weighted by atomic mass is 9.77. The first-order chi connectivity index (χ1) is 14.4. The summed E-state index contributed by atoms with van der Waals surface area (Å²) >= 11 is 6.35. The van der Waals surface area contributed by atoms with Gasteiger partial charge < -0.3 is 10.2 Å². The fraction of sp³-hybridized carbons (Fsp3) is 0.217. The molecule has 2 N–H and O–H groups in total. The van der Waals surface area contributed by atoms with Crippen LogP contribution < -0.4 is 0 Å². The van der Waals surface area contributed by atoms with E-state index >= 15 is 0 Å². The smallest absolute Gasteiger partial charge is 0.422 e. The quantitative estimate of drug-likeness (QED) is 0.504. The monoisotopic (exact) mass is 449 g/mol. The van der Waals surface area contributed by atoms with Crippen molar-refractivity contribution in [3.05, 3.63) is 88.2 Å². The first-order valence-electron chi connectivity index (χ1n) is 9.30. The molecule has 2 atom stereocenters. The van der Waals surface area contributed by atoms with Crippen molar-refractivity contribution in [2.24, 2.45) is 0 Å². The first kappa shape index (κ1) is 22.8. The summed E-state index contributed by atoms with van der Waals surface area (Å²) in [5.41, 5.74) is -1.64. The van der Waals surface area contributed by atoms with Crippen LogP contribution in [0.4, 0.5) is 13.2 Å². The second-order valence-electron chi connectivity index (χ2n) is 7.29. The molecule has 3 rings (SSSR count). The molecule has 8 heteroatoms. The minimum atomic E-state index is -4.96. The molecule has 31 heavy (non-hydrogen) atoms. The predicted octanol–water partition coefficient (Wildman–Crippen LogP) is 5.96. The molecule has 1 heterocycles. The lowest BCUT2D eigenvalue weighted by molar-refractivity contribution is -0.274. The predicted molar refractivity (Wildman–Crippen MR) is 111 cm³/mol. The van der Waals surface area contributed by atoms with Crippen molar-refractivity contribution >= 4 is 17.6 Å². The first-order valence-corrected chi connectivity index (χ1v) is 9.68. The van der Waals surface area contributed by atoms with Gasteiger partial charge in [0, 0.05) is 22.8 Å². The lowest BCUT2D eigenvalue weighted by Gasteiger charge is -2.37. The van der Waals surface area contributed by atoms with Crippen molar-refractivity contribution in [1.29, 1.82) is 0 Å². The van der Waals surface area contributed by atoms with Crippen molar-refractivity contribution in [2.45, 2.75) is 31.5 Å². The highest BCUT2D eigenvalue weighted by molar-refractivity contribution is 6.31. The number of halogens is 4. The van der Waals surface area contributed by atoms with Gasteiger partial charge in [-0.15, -0.1) is 0 Å². The number of nitrogens with zero attached hydrogens (tertiary/aromatic N) is 1. The van der Waals surface area contributed by atoms with Crippen LogP contribution in [0.25, 0.3) is 11.1 Å². The second kappa shape index (κ2) is 8.32. The molecule has 0 radical (unpaired) electrons. The number of aryl methyl sites for hydroxylation is 1. The van der Waals surface area contributed by atoms with E-state index in [1.54, 1.807) is 25.1 Å². The number of aliphatic hydroxyl groups is 1. The molecule has 0 saturated carbocycles. The summed E-state index contributed by atoms with van der Waals surface area (Å²) in [5.74, 6) is -2.48. The molecular weight excluding hydrogens is 431 g/mol. The van der Waals surface area contributed by atoms with E-state index < -0.39 is 23.7 Å². The minimum Gasteiger partial charge on any atom is -0.478 e. The number of carboxylic acids is 1. The minimum absolute atomic E-state index is 0.0563. The van der Waals surface area contributed by atoms with Crippen LogP contribution in [0, 0.1) is 6.92 Å². The normalized spacial score (nSPS) is 14.7. The van der Waals surface area contributed by atoms with Crippen LogP contribution in [-0.4, -0.2) is 27.3 Å². The van der Waals surface area contributed by atoms with Crippen molar-refractivity contribution in [2.75, 3.05) is 0 Å². The van der Waals surface area contributed by atoms with E-state index in [9.17, 15) is 23.1 Å². The van der Waals surface area contributed by atoms with E-state index in [4.69, 9.17) is 16.7 Å². The Labute approximate surface area is 182 Å². The van der Waals surface area contributed by atoms with Crippen LogP contribution in [0.3, 0.4) is 0 Å². The molecule has 4 nitrogen and oxygen atoms in total.